The van der Waals surface area contributed by atoms with E-state index in [9.17, 15) is 0 Å². The molecule has 0 spiro atoms. The first kappa shape index (κ1) is 19.9. The van der Waals surface area contributed by atoms with E-state index in [4.69, 9.17) is 18.9 Å². The molecule has 1 aliphatic carbocycles. The molecule has 0 saturated heterocycles. The second-order valence-corrected chi connectivity index (χ2v) is 6.78. The second kappa shape index (κ2) is 9.36. The van der Waals surface area contributed by atoms with E-state index < -0.39 is 0 Å². The molecule has 0 saturated carbocycles. The standard InChI is InChI=1S/C24H28O4/c1-25-21-13-10-17(15-23(21)27-3)9-11-18-7-5-6-8-20(18)19-12-14-22(26-2)24(16-19)28-4/h6,8-16,18,20H,5,7H2,1-4H3. The van der Waals surface area contributed by atoms with Gasteiger partial charge in [0.1, 0.15) is 0 Å². The van der Waals surface area contributed by atoms with Crippen LogP contribution in [0, 0.1) is 5.92 Å². The van der Waals surface area contributed by atoms with Gasteiger partial charge in [-0.3, -0.25) is 0 Å². The van der Waals surface area contributed by atoms with Gasteiger partial charge >= 0.3 is 0 Å². The van der Waals surface area contributed by atoms with Gasteiger partial charge < -0.3 is 18.9 Å². The summed E-state index contributed by atoms with van der Waals surface area (Å²) in [5, 5.41) is 0. The van der Waals surface area contributed by atoms with Crippen molar-refractivity contribution < 1.29 is 18.9 Å². The summed E-state index contributed by atoms with van der Waals surface area (Å²) in [4.78, 5) is 0. The van der Waals surface area contributed by atoms with Gasteiger partial charge in [-0.25, -0.2) is 0 Å². The first-order chi connectivity index (χ1) is 13.7. The minimum absolute atomic E-state index is 0.310. The summed E-state index contributed by atoms with van der Waals surface area (Å²) in [6, 6.07) is 12.2. The quantitative estimate of drug-likeness (QED) is 0.596. The molecular weight excluding hydrogens is 352 g/mol. The van der Waals surface area contributed by atoms with Crippen molar-refractivity contribution in [2.24, 2.45) is 5.92 Å². The maximum Gasteiger partial charge on any atom is 0.161 e. The van der Waals surface area contributed by atoms with E-state index in [1.165, 1.54) is 5.56 Å². The maximum atomic E-state index is 5.49. The molecule has 28 heavy (non-hydrogen) atoms. The van der Waals surface area contributed by atoms with Crippen LogP contribution >= 0.6 is 0 Å². The minimum atomic E-state index is 0.310. The van der Waals surface area contributed by atoms with Crippen LogP contribution in [0.1, 0.15) is 29.9 Å². The third-order valence-electron chi connectivity index (χ3n) is 5.21. The lowest BCUT2D eigenvalue weighted by Gasteiger charge is -2.26. The highest BCUT2D eigenvalue weighted by atomic mass is 16.5. The van der Waals surface area contributed by atoms with E-state index in [1.807, 2.05) is 24.3 Å². The minimum Gasteiger partial charge on any atom is -0.493 e. The lowest BCUT2D eigenvalue weighted by Crippen LogP contribution is -2.12. The first-order valence-corrected chi connectivity index (χ1v) is 9.49. The van der Waals surface area contributed by atoms with Crippen molar-refractivity contribution in [1.82, 2.24) is 0 Å². The molecule has 0 bridgehead atoms. The van der Waals surface area contributed by atoms with E-state index in [2.05, 4.69) is 36.4 Å². The number of rotatable bonds is 7. The summed E-state index contributed by atoms with van der Waals surface area (Å²) in [6.07, 6.45) is 11.2. The summed E-state index contributed by atoms with van der Waals surface area (Å²) >= 11 is 0. The van der Waals surface area contributed by atoms with E-state index in [0.717, 1.165) is 41.4 Å². The van der Waals surface area contributed by atoms with Crippen molar-refractivity contribution in [3.63, 3.8) is 0 Å². The maximum absolute atomic E-state index is 5.49. The van der Waals surface area contributed by atoms with Gasteiger partial charge in [-0.15, -0.1) is 0 Å². The highest BCUT2D eigenvalue weighted by molar-refractivity contribution is 5.56. The van der Waals surface area contributed by atoms with Crippen molar-refractivity contribution in [3.05, 3.63) is 65.8 Å². The van der Waals surface area contributed by atoms with Gasteiger partial charge in [0.2, 0.25) is 0 Å². The number of methoxy groups -OCH3 is 4. The summed E-state index contributed by atoms with van der Waals surface area (Å²) in [7, 11) is 6.64. The van der Waals surface area contributed by atoms with Crippen LogP contribution in [0.25, 0.3) is 6.08 Å². The number of ether oxygens (including phenoxy) is 4. The predicted molar refractivity (Wildman–Crippen MR) is 113 cm³/mol. The second-order valence-electron chi connectivity index (χ2n) is 6.78. The fourth-order valence-corrected chi connectivity index (χ4v) is 3.68. The zero-order chi connectivity index (χ0) is 19.9. The lowest BCUT2D eigenvalue weighted by atomic mass is 9.79. The molecule has 0 fully saturated rings. The van der Waals surface area contributed by atoms with E-state index in [-0.39, 0.29) is 0 Å². The number of hydrogen-bond donors (Lipinski definition) is 0. The van der Waals surface area contributed by atoms with Crippen LogP contribution in [0.4, 0.5) is 0 Å². The Labute approximate surface area is 167 Å². The zero-order valence-electron chi connectivity index (χ0n) is 17.0. The van der Waals surface area contributed by atoms with Crippen LogP contribution in [0.3, 0.4) is 0 Å². The lowest BCUT2D eigenvalue weighted by molar-refractivity contribution is 0.354. The number of allylic oxidation sites excluding steroid dienone is 3. The Bertz CT molecular complexity index is 854. The average Bonchev–Trinajstić information content (AvgIpc) is 2.77. The first-order valence-electron chi connectivity index (χ1n) is 9.49. The Balaban J connectivity index is 1.85. The number of benzene rings is 2. The fraction of sp³-hybridized carbons (Fsp3) is 0.333. The smallest absolute Gasteiger partial charge is 0.161 e. The Morgan fingerprint density at radius 2 is 1.43 bits per heavy atom. The van der Waals surface area contributed by atoms with Crippen molar-refractivity contribution in [1.29, 1.82) is 0 Å². The van der Waals surface area contributed by atoms with Crippen LogP contribution in [0.2, 0.25) is 0 Å². The molecule has 0 N–H and O–H groups in total. The van der Waals surface area contributed by atoms with E-state index in [1.54, 1.807) is 28.4 Å². The van der Waals surface area contributed by atoms with Crippen molar-refractivity contribution in [2.45, 2.75) is 18.8 Å². The van der Waals surface area contributed by atoms with Gasteiger partial charge in [0.05, 0.1) is 28.4 Å². The van der Waals surface area contributed by atoms with Crippen LogP contribution in [-0.2, 0) is 0 Å². The van der Waals surface area contributed by atoms with Gasteiger partial charge in [0.15, 0.2) is 23.0 Å². The van der Waals surface area contributed by atoms with Crippen LogP contribution in [-0.4, -0.2) is 28.4 Å². The SMILES string of the molecule is COc1ccc(C=CC2CCC=CC2c2ccc(OC)c(OC)c2)cc1OC. The van der Waals surface area contributed by atoms with Crippen LogP contribution < -0.4 is 18.9 Å². The monoisotopic (exact) mass is 380 g/mol. The average molecular weight is 380 g/mol. The molecule has 0 aliphatic heterocycles. The molecule has 2 atom stereocenters. The highest BCUT2D eigenvalue weighted by Crippen LogP contribution is 2.39. The molecular formula is C24H28O4. The molecule has 0 aromatic heterocycles. The molecule has 2 aromatic rings. The van der Waals surface area contributed by atoms with Crippen LogP contribution in [0.5, 0.6) is 23.0 Å². The summed E-state index contributed by atoms with van der Waals surface area (Å²) in [5.74, 6) is 3.72. The largest absolute Gasteiger partial charge is 0.493 e. The Hall–Kier alpha value is -2.88. The predicted octanol–water partition coefficient (Wildman–Crippen LogP) is 5.48. The Morgan fingerprint density at radius 3 is 2.11 bits per heavy atom. The molecule has 0 amide bonds. The normalized spacial score (nSPS) is 18.9. The highest BCUT2D eigenvalue weighted by Gasteiger charge is 2.22. The van der Waals surface area contributed by atoms with Crippen molar-refractivity contribution in [3.8, 4) is 23.0 Å². The molecule has 4 nitrogen and oxygen atoms in total. The Kier molecular flexibility index (Phi) is 6.64. The van der Waals surface area contributed by atoms with Gasteiger partial charge in [-0.1, -0.05) is 36.4 Å². The van der Waals surface area contributed by atoms with E-state index >= 15 is 0 Å². The molecule has 1 aliphatic rings. The third-order valence-corrected chi connectivity index (χ3v) is 5.21. The number of hydrogen-bond acceptors (Lipinski definition) is 4. The summed E-state index contributed by atoms with van der Waals surface area (Å²) in [5.41, 5.74) is 2.33. The van der Waals surface area contributed by atoms with E-state index in [0.29, 0.717) is 11.8 Å². The zero-order valence-corrected chi connectivity index (χ0v) is 17.0. The Morgan fingerprint density at radius 1 is 0.786 bits per heavy atom. The fourth-order valence-electron chi connectivity index (χ4n) is 3.68. The van der Waals surface area contributed by atoms with Gasteiger partial charge in [0.25, 0.3) is 0 Å². The summed E-state index contributed by atoms with van der Waals surface area (Å²) in [6.45, 7) is 0. The van der Waals surface area contributed by atoms with Gasteiger partial charge in [0, 0.05) is 5.92 Å². The molecule has 0 radical (unpaired) electrons. The summed E-state index contributed by atoms with van der Waals surface area (Å²) < 4.78 is 21.6. The molecule has 4 heteroatoms. The van der Waals surface area contributed by atoms with Gasteiger partial charge in [-0.2, -0.15) is 0 Å². The third kappa shape index (κ3) is 4.33. The van der Waals surface area contributed by atoms with Crippen molar-refractivity contribution >= 4 is 6.08 Å². The van der Waals surface area contributed by atoms with Crippen molar-refractivity contribution in [2.75, 3.05) is 28.4 Å². The topological polar surface area (TPSA) is 36.9 Å². The molecule has 2 unspecified atom stereocenters. The molecule has 2 aromatic carbocycles. The van der Waals surface area contributed by atoms with Gasteiger partial charge in [-0.05, 0) is 54.2 Å². The molecule has 148 valence electrons. The van der Waals surface area contributed by atoms with Crippen LogP contribution in [0.15, 0.2) is 54.6 Å². The molecule has 0 heterocycles. The molecule has 3 rings (SSSR count).